The summed E-state index contributed by atoms with van der Waals surface area (Å²) < 4.78 is 42.4. The minimum atomic E-state index is -4.47. The average Bonchev–Trinajstić information content (AvgIpc) is 2.61. The van der Waals surface area contributed by atoms with Crippen LogP contribution in [0.1, 0.15) is 28.5 Å². The first kappa shape index (κ1) is 18.3. The molecule has 0 bridgehead atoms. The molecule has 0 aliphatic rings. The number of phenolic OH excluding ortho intramolecular Hbond substituents is 1. The molecule has 0 aromatic heterocycles. The number of hydrogen-bond acceptors (Lipinski definition) is 1. The van der Waals surface area contributed by atoms with Crippen LogP contribution < -0.4 is 0 Å². The monoisotopic (exact) mass is 376 g/mol. The number of benzene rings is 3. The zero-order valence-electron chi connectivity index (χ0n) is 13.6. The Kier molecular flexibility index (Phi) is 5.23. The van der Waals surface area contributed by atoms with Crippen LogP contribution in [0.15, 0.2) is 78.9 Å². The Bertz CT molecular complexity index is 843. The molecule has 0 saturated carbocycles. The standard InChI is InChI=1S/C21H16ClF3O/c22-17-10-6-16(7-11-17)20(21(23,24)25)19(14-4-2-1-3-5-14)15-8-12-18(26)13-9-15/h1-13,19-20,26H. The summed E-state index contributed by atoms with van der Waals surface area (Å²) in [5.74, 6) is -2.68. The van der Waals surface area contributed by atoms with E-state index >= 15 is 0 Å². The van der Waals surface area contributed by atoms with Gasteiger partial charge in [0.25, 0.3) is 0 Å². The Labute approximate surface area is 154 Å². The summed E-state index contributed by atoms with van der Waals surface area (Å²) in [7, 11) is 0. The van der Waals surface area contributed by atoms with Gasteiger partial charge in [-0.3, -0.25) is 0 Å². The lowest BCUT2D eigenvalue weighted by molar-refractivity contribution is -0.153. The molecule has 0 saturated heterocycles. The lowest BCUT2D eigenvalue weighted by Gasteiger charge is -2.30. The molecule has 3 aromatic carbocycles. The van der Waals surface area contributed by atoms with Crippen LogP contribution in [0.2, 0.25) is 5.02 Å². The smallest absolute Gasteiger partial charge is 0.396 e. The summed E-state index contributed by atoms with van der Waals surface area (Å²) in [6.45, 7) is 0. The quantitative estimate of drug-likeness (QED) is 0.549. The van der Waals surface area contributed by atoms with E-state index in [0.29, 0.717) is 16.1 Å². The van der Waals surface area contributed by atoms with E-state index < -0.39 is 18.0 Å². The Morgan fingerprint density at radius 1 is 0.692 bits per heavy atom. The van der Waals surface area contributed by atoms with Gasteiger partial charge in [0.15, 0.2) is 0 Å². The van der Waals surface area contributed by atoms with Crippen LogP contribution >= 0.6 is 11.6 Å². The third-order valence-corrected chi connectivity index (χ3v) is 4.58. The van der Waals surface area contributed by atoms with Gasteiger partial charge in [-0.05, 0) is 41.0 Å². The van der Waals surface area contributed by atoms with Gasteiger partial charge >= 0.3 is 6.18 Å². The summed E-state index contributed by atoms with van der Waals surface area (Å²) in [5, 5.41) is 9.90. The molecular weight excluding hydrogens is 361 g/mol. The van der Waals surface area contributed by atoms with E-state index in [9.17, 15) is 18.3 Å². The van der Waals surface area contributed by atoms with Crippen molar-refractivity contribution in [3.63, 3.8) is 0 Å². The van der Waals surface area contributed by atoms with Gasteiger partial charge in [0.2, 0.25) is 0 Å². The second kappa shape index (κ2) is 7.42. The molecule has 5 heteroatoms. The van der Waals surface area contributed by atoms with Gasteiger partial charge in [-0.2, -0.15) is 13.2 Å². The van der Waals surface area contributed by atoms with Gasteiger partial charge in [0.05, 0.1) is 5.92 Å². The minimum Gasteiger partial charge on any atom is -0.508 e. The van der Waals surface area contributed by atoms with Gasteiger partial charge in [-0.25, -0.2) is 0 Å². The summed E-state index contributed by atoms with van der Waals surface area (Å²) in [6, 6.07) is 20.2. The van der Waals surface area contributed by atoms with Gasteiger partial charge in [-0.1, -0.05) is 66.2 Å². The molecule has 1 N–H and O–H groups in total. The van der Waals surface area contributed by atoms with Crippen molar-refractivity contribution in [1.29, 1.82) is 0 Å². The second-order valence-corrected chi connectivity index (χ2v) is 6.49. The fourth-order valence-electron chi connectivity index (χ4n) is 3.16. The fraction of sp³-hybridized carbons (Fsp3) is 0.143. The molecule has 134 valence electrons. The van der Waals surface area contributed by atoms with E-state index in [1.807, 2.05) is 0 Å². The number of rotatable bonds is 4. The molecule has 1 nitrogen and oxygen atoms in total. The van der Waals surface area contributed by atoms with Crippen molar-refractivity contribution in [1.82, 2.24) is 0 Å². The molecule has 3 rings (SSSR count). The number of alkyl halides is 3. The predicted molar refractivity (Wildman–Crippen MR) is 96.6 cm³/mol. The summed E-state index contributed by atoms with van der Waals surface area (Å²) in [6.07, 6.45) is -4.47. The van der Waals surface area contributed by atoms with Crippen LogP contribution in [0.5, 0.6) is 5.75 Å². The van der Waals surface area contributed by atoms with Crippen LogP contribution in [0, 0.1) is 0 Å². The van der Waals surface area contributed by atoms with Crippen molar-refractivity contribution in [3.8, 4) is 5.75 Å². The Balaban J connectivity index is 2.19. The van der Waals surface area contributed by atoms with E-state index in [0.717, 1.165) is 0 Å². The van der Waals surface area contributed by atoms with Gasteiger partial charge < -0.3 is 5.11 Å². The zero-order chi connectivity index (χ0) is 18.7. The van der Waals surface area contributed by atoms with E-state index in [1.54, 1.807) is 30.3 Å². The molecule has 26 heavy (non-hydrogen) atoms. The largest absolute Gasteiger partial charge is 0.508 e. The molecule has 0 aliphatic heterocycles. The van der Waals surface area contributed by atoms with E-state index in [2.05, 4.69) is 0 Å². The van der Waals surface area contributed by atoms with Crippen molar-refractivity contribution in [2.75, 3.05) is 0 Å². The molecule has 2 atom stereocenters. The number of halogens is 4. The van der Waals surface area contributed by atoms with Crippen LogP contribution in [-0.2, 0) is 0 Å². The van der Waals surface area contributed by atoms with Crippen molar-refractivity contribution in [2.24, 2.45) is 0 Å². The van der Waals surface area contributed by atoms with Crippen LogP contribution in [0.3, 0.4) is 0 Å². The minimum absolute atomic E-state index is 0.00983. The molecule has 2 unspecified atom stereocenters. The summed E-state index contributed by atoms with van der Waals surface area (Å²) in [5.41, 5.74) is 1.17. The molecule has 0 amide bonds. The average molecular weight is 377 g/mol. The number of aromatic hydroxyl groups is 1. The zero-order valence-corrected chi connectivity index (χ0v) is 14.4. The van der Waals surface area contributed by atoms with Crippen molar-refractivity contribution >= 4 is 11.6 Å². The highest BCUT2D eigenvalue weighted by atomic mass is 35.5. The molecule has 0 fully saturated rings. The van der Waals surface area contributed by atoms with Gasteiger partial charge in [0.1, 0.15) is 5.75 Å². The number of hydrogen-bond donors (Lipinski definition) is 1. The SMILES string of the molecule is Oc1ccc(C(c2ccccc2)C(c2ccc(Cl)cc2)C(F)(F)F)cc1. The molecule has 0 radical (unpaired) electrons. The second-order valence-electron chi connectivity index (χ2n) is 6.05. The van der Waals surface area contributed by atoms with Crippen molar-refractivity contribution in [2.45, 2.75) is 18.0 Å². The van der Waals surface area contributed by atoms with E-state index in [4.69, 9.17) is 11.6 Å². The molecule has 0 aliphatic carbocycles. The van der Waals surface area contributed by atoms with Crippen LogP contribution in [0.4, 0.5) is 13.2 Å². The first-order chi connectivity index (χ1) is 12.4. The first-order valence-corrected chi connectivity index (χ1v) is 8.40. The molecule has 0 heterocycles. The molecule has 3 aromatic rings. The van der Waals surface area contributed by atoms with E-state index in [1.165, 1.54) is 48.5 Å². The highest BCUT2D eigenvalue weighted by molar-refractivity contribution is 6.30. The first-order valence-electron chi connectivity index (χ1n) is 8.02. The highest BCUT2D eigenvalue weighted by Gasteiger charge is 2.46. The Hall–Kier alpha value is -2.46. The van der Waals surface area contributed by atoms with Crippen molar-refractivity contribution < 1.29 is 18.3 Å². The third-order valence-electron chi connectivity index (χ3n) is 4.33. The molecular formula is C21H16ClF3O. The lowest BCUT2D eigenvalue weighted by Crippen LogP contribution is -2.28. The van der Waals surface area contributed by atoms with Gasteiger partial charge in [-0.15, -0.1) is 0 Å². The Morgan fingerprint density at radius 2 is 1.19 bits per heavy atom. The third kappa shape index (κ3) is 4.02. The van der Waals surface area contributed by atoms with E-state index in [-0.39, 0.29) is 11.3 Å². The normalized spacial score (nSPS) is 14.0. The predicted octanol–water partition coefficient (Wildman–Crippen LogP) is 6.52. The van der Waals surface area contributed by atoms with Crippen molar-refractivity contribution in [3.05, 3.63) is 101 Å². The number of phenols is 1. The topological polar surface area (TPSA) is 20.2 Å². The summed E-state index contributed by atoms with van der Waals surface area (Å²) in [4.78, 5) is 0. The maximum absolute atomic E-state index is 14.1. The maximum Gasteiger partial charge on any atom is 0.396 e. The Morgan fingerprint density at radius 3 is 1.73 bits per heavy atom. The molecule has 0 spiro atoms. The van der Waals surface area contributed by atoms with Crippen LogP contribution in [0.25, 0.3) is 0 Å². The van der Waals surface area contributed by atoms with Crippen LogP contribution in [-0.4, -0.2) is 11.3 Å². The summed E-state index contributed by atoms with van der Waals surface area (Å²) >= 11 is 5.85. The fourth-order valence-corrected chi connectivity index (χ4v) is 3.29. The maximum atomic E-state index is 14.1. The van der Waals surface area contributed by atoms with Gasteiger partial charge in [0, 0.05) is 10.9 Å². The highest BCUT2D eigenvalue weighted by Crippen LogP contribution is 2.48. The lowest BCUT2D eigenvalue weighted by atomic mass is 9.76.